The molecule has 0 spiro atoms. The number of aryl methyl sites for hydroxylation is 1. The highest BCUT2D eigenvalue weighted by Gasteiger charge is 2.11. The van der Waals surface area contributed by atoms with Gasteiger partial charge in [0.15, 0.2) is 0 Å². The van der Waals surface area contributed by atoms with Gasteiger partial charge in [-0.05, 0) is 31.0 Å². The molecule has 0 aliphatic heterocycles. The van der Waals surface area contributed by atoms with Crippen LogP contribution in [-0.2, 0) is 13.0 Å². The molecular formula is C15H17ClN2O2. The molecule has 5 heteroatoms. The van der Waals surface area contributed by atoms with Gasteiger partial charge in [-0.3, -0.25) is 0 Å². The summed E-state index contributed by atoms with van der Waals surface area (Å²) in [6.45, 7) is 3.90. The van der Waals surface area contributed by atoms with Crippen molar-refractivity contribution in [2.45, 2.75) is 33.3 Å². The van der Waals surface area contributed by atoms with Crippen LogP contribution in [0.3, 0.4) is 0 Å². The molecule has 0 atom stereocenters. The summed E-state index contributed by atoms with van der Waals surface area (Å²) in [6.07, 6.45) is 1.71. The van der Waals surface area contributed by atoms with Gasteiger partial charge >= 0.3 is 0 Å². The van der Waals surface area contributed by atoms with Gasteiger partial charge in [0.1, 0.15) is 16.7 Å². The third-order valence-corrected chi connectivity index (χ3v) is 3.25. The summed E-state index contributed by atoms with van der Waals surface area (Å²) in [4.78, 5) is 8.63. The molecule has 1 aromatic heterocycles. The minimum Gasteiger partial charge on any atom is -0.439 e. The number of aromatic nitrogens is 2. The minimum atomic E-state index is 0.0132. The first-order valence-corrected chi connectivity index (χ1v) is 6.92. The zero-order chi connectivity index (χ0) is 14.5. The van der Waals surface area contributed by atoms with Crippen molar-refractivity contribution < 1.29 is 9.84 Å². The minimum absolute atomic E-state index is 0.0132. The lowest BCUT2D eigenvalue weighted by Gasteiger charge is -2.10. The van der Waals surface area contributed by atoms with Gasteiger partial charge in [0.2, 0.25) is 5.88 Å². The van der Waals surface area contributed by atoms with Gasteiger partial charge < -0.3 is 9.84 Å². The number of rotatable bonds is 5. The highest BCUT2D eigenvalue weighted by Crippen LogP contribution is 2.27. The highest BCUT2D eigenvalue weighted by molar-refractivity contribution is 6.30. The number of benzene rings is 1. The fourth-order valence-electron chi connectivity index (χ4n) is 1.72. The van der Waals surface area contributed by atoms with Crippen LogP contribution in [0.25, 0.3) is 0 Å². The van der Waals surface area contributed by atoms with E-state index in [1.54, 1.807) is 24.3 Å². The molecular weight excluding hydrogens is 276 g/mol. The summed E-state index contributed by atoms with van der Waals surface area (Å²) in [5.41, 5.74) is 1.55. The molecule has 0 fully saturated rings. The van der Waals surface area contributed by atoms with Crippen LogP contribution in [0.2, 0.25) is 5.15 Å². The molecule has 1 heterocycles. The lowest BCUT2D eigenvalue weighted by Crippen LogP contribution is -2.01. The molecule has 0 bridgehead atoms. The molecule has 0 aliphatic carbocycles. The summed E-state index contributed by atoms with van der Waals surface area (Å²) in [5.74, 6) is 1.82. The van der Waals surface area contributed by atoms with Crippen molar-refractivity contribution in [3.8, 4) is 11.6 Å². The molecule has 0 saturated heterocycles. The first-order chi connectivity index (χ1) is 9.63. The van der Waals surface area contributed by atoms with E-state index in [-0.39, 0.29) is 6.61 Å². The van der Waals surface area contributed by atoms with E-state index in [1.165, 1.54) is 0 Å². The van der Waals surface area contributed by atoms with Crippen molar-refractivity contribution in [2.75, 3.05) is 0 Å². The molecule has 1 N–H and O–H groups in total. The van der Waals surface area contributed by atoms with Crippen molar-refractivity contribution in [2.24, 2.45) is 0 Å². The van der Waals surface area contributed by atoms with Crippen molar-refractivity contribution in [1.29, 1.82) is 0 Å². The number of halogens is 1. The molecule has 0 amide bonds. The van der Waals surface area contributed by atoms with Crippen LogP contribution in [0.1, 0.15) is 30.3 Å². The Morgan fingerprint density at radius 2 is 1.90 bits per heavy atom. The smallest absolute Gasteiger partial charge is 0.226 e. The first-order valence-electron chi connectivity index (χ1n) is 6.54. The second kappa shape index (κ2) is 6.68. The second-order valence-electron chi connectivity index (χ2n) is 4.51. The van der Waals surface area contributed by atoms with Crippen molar-refractivity contribution in [3.05, 3.63) is 46.4 Å². The SMILES string of the molecule is CCCc1nc(Cl)c(C)c(Oc2ccc(CO)cc2)n1. The highest BCUT2D eigenvalue weighted by atomic mass is 35.5. The molecule has 4 nitrogen and oxygen atoms in total. The van der Waals surface area contributed by atoms with Crippen LogP contribution < -0.4 is 4.74 Å². The fraction of sp³-hybridized carbons (Fsp3) is 0.333. The molecule has 0 radical (unpaired) electrons. The average molecular weight is 293 g/mol. The van der Waals surface area contributed by atoms with Crippen LogP contribution >= 0.6 is 11.6 Å². The topological polar surface area (TPSA) is 55.2 Å². The normalized spacial score (nSPS) is 10.6. The van der Waals surface area contributed by atoms with Crippen LogP contribution in [0.4, 0.5) is 0 Å². The average Bonchev–Trinajstić information content (AvgIpc) is 2.45. The maximum Gasteiger partial charge on any atom is 0.226 e. The molecule has 2 aromatic rings. The first kappa shape index (κ1) is 14.8. The van der Waals surface area contributed by atoms with E-state index in [0.29, 0.717) is 22.6 Å². The predicted molar refractivity (Wildman–Crippen MR) is 78.2 cm³/mol. The lowest BCUT2D eigenvalue weighted by molar-refractivity contribution is 0.281. The Labute approximate surface area is 123 Å². The number of aliphatic hydroxyl groups is 1. The molecule has 20 heavy (non-hydrogen) atoms. The molecule has 0 unspecified atom stereocenters. The summed E-state index contributed by atoms with van der Waals surface area (Å²) < 4.78 is 5.76. The van der Waals surface area contributed by atoms with Crippen LogP contribution in [0.5, 0.6) is 11.6 Å². The second-order valence-corrected chi connectivity index (χ2v) is 4.87. The van der Waals surface area contributed by atoms with Gasteiger partial charge in [-0.2, -0.15) is 4.98 Å². The van der Waals surface area contributed by atoms with Gasteiger partial charge in [0, 0.05) is 12.0 Å². The van der Waals surface area contributed by atoms with E-state index in [9.17, 15) is 0 Å². The molecule has 0 saturated carbocycles. The Bertz CT molecular complexity index is 585. The molecule has 1 aromatic carbocycles. The monoisotopic (exact) mass is 292 g/mol. The standard InChI is InChI=1S/C15H17ClN2O2/c1-3-4-13-17-14(16)10(2)15(18-13)20-12-7-5-11(9-19)6-8-12/h5-8,19H,3-4,9H2,1-2H3. The van der Waals surface area contributed by atoms with Crippen molar-refractivity contribution >= 4 is 11.6 Å². The third kappa shape index (κ3) is 3.46. The van der Waals surface area contributed by atoms with E-state index >= 15 is 0 Å². The zero-order valence-corrected chi connectivity index (χ0v) is 12.3. The summed E-state index contributed by atoms with van der Waals surface area (Å²) in [6, 6.07) is 7.20. The molecule has 2 rings (SSSR count). The Morgan fingerprint density at radius 1 is 1.20 bits per heavy atom. The molecule has 106 valence electrons. The van der Waals surface area contributed by atoms with Crippen molar-refractivity contribution in [3.63, 3.8) is 0 Å². The maximum atomic E-state index is 9.02. The Kier molecular flexibility index (Phi) is 4.93. The van der Waals surface area contributed by atoms with E-state index in [0.717, 1.165) is 24.0 Å². The number of hydrogen-bond donors (Lipinski definition) is 1. The summed E-state index contributed by atoms with van der Waals surface area (Å²) in [7, 11) is 0. The van der Waals surface area contributed by atoms with Gasteiger partial charge in [0.25, 0.3) is 0 Å². The Hall–Kier alpha value is -1.65. The number of ether oxygens (including phenoxy) is 1. The quantitative estimate of drug-likeness (QED) is 0.854. The van der Waals surface area contributed by atoms with E-state index in [4.69, 9.17) is 21.4 Å². The van der Waals surface area contributed by atoms with Crippen LogP contribution in [0, 0.1) is 6.92 Å². The number of aliphatic hydroxyl groups excluding tert-OH is 1. The van der Waals surface area contributed by atoms with Gasteiger partial charge in [0.05, 0.1) is 6.61 Å². The maximum absolute atomic E-state index is 9.02. The largest absolute Gasteiger partial charge is 0.439 e. The third-order valence-electron chi connectivity index (χ3n) is 2.88. The fourth-order valence-corrected chi connectivity index (χ4v) is 1.90. The lowest BCUT2D eigenvalue weighted by atomic mass is 10.2. The van der Waals surface area contributed by atoms with Gasteiger partial charge in [-0.1, -0.05) is 30.7 Å². The number of hydrogen-bond acceptors (Lipinski definition) is 4. The van der Waals surface area contributed by atoms with Gasteiger partial charge in [-0.15, -0.1) is 0 Å². The van der Waals surface area contributed by atoms with E-state index in [1.807, 2.05) is 6.92 Å². The van der Waals surface area contributed by atoms with Crippen LogP contribution in [-0.4, -0.2) is 15.1 Å². The zero-order valence-electron chi connectivity index (χ0n) is 11.6. The number of nitrogens with zero attached hydrogens (tertiary/aromatic N) is 2. The molecule has 0 aliphatic rings. The van der Waals surface area contributed by atoms with Crippen molar-refractivity contribution in [1.82, 2.24) is 9.97 Å². The Morgan fingerprint density at radius 3 is 2.50 bits per heavy atom. The van der Waals surface area contributed by atoms with Gasteiger partial charge in [-0.25, -0.2) is 4.98 Å². The summed E-state index contributed by atoms with van der Waals surface area (Å²) >= 11 is 6.10. The summed E-state index contributed by atoms with van der Waals surface area (Å²) in [5, 5.41) is 9.44. The predicted octanol–water partition coefficient (Wildman–Crippen LogP) is 3.68. The van der Waals surface area contributed by atoms with E-state index in [2.05, 4.69) is 16.9 Å². The Balaban J connectivity index is 2.26. The van der Waals surface area contributed by atoms with E-state index < -0.39 is 0 Å². The van der Waals surface area contributed by atoms with Crippen LogP contribution in [0.15, 0.2) is 24.3 Å².